The number of piperazine rings is 1. The summed E-state index contributed by atoms with van der Waals surface area (Å²) in [4.78, 5) is 13.8. The molecule has 1 aliphatic heterocycles. The van der Waals surface area contributed by atoms with Crippen LogP contribution >= 0.6 is 0 Å². The second kappa shape index (κ2) is 5.76. The minimum absolute atomic E-state index is 0.389. The molecule has 0 aromatic carbocycles. The lowest BCUT2D eigenvalue weighted by molar-refractivity contribution is -0.145. The van der Waals surface area contributed by atoms with Crippen LogP contribution in [0.1, 0.15) is 19.3 Å². The largest absolute Gasteiger partial charge is 0.469 e. The third-order valence-corrected chi connectivity index (χ3v) is 6.58. The Morgan fingerprint density at radius 1 is 1.16 bits per heavy atom. The number of sulfonamides is 1. The number of hydrogen-bond acceptors (Lipinski definition) is 5. The van der Waals surface area contributed by atoms with E-state index in [0.717, 1.165) is 19.5 Å². The van der Waals surface area contributed by atoms with Crippen LogP contribution in [0.4, 0.5) is 0 Å². The summed E-state index contributed by atoms with van der Waals surface area (Å²) in [5.41, 5.74) is 0. The molecule has 2 rings (SSSR count). The molecule has 0 aromatic rings. The lowest BCUT2D eigenvalue weighted by atomic mass is 10.1. The number of esters is 1. The van der Waals surface area contributed by atoms with Gasteiger partial charge in [-0.3, -0.25) is 4.79 Å². The van der Waals surface area contributed by atoms with E-state index in [1.807, 2.05) is 7.05 Å². The summed E-state index contributed by atoms with van der Waals surface area (Å²) in [5, 5.41) is -0.594. The van der Waals surface area contributed by atoms with Gasteiger partial charge in [0.15, 0.2) is 0 Å². The van der Waals surface area contributed by atoms with Crippen LogP contribution in [-0.4, -0.2) is 69.2 Å². The SMILES string of the molecule is COC(=O)C1CCCC1S(=O)(=O)N1CCN(C)CC1. The van der Waals surface area contributed by atoms with Gasteiger partial charge in [-0.15, -0.1) is 0 Å². The van der Waals surface area contributed by atoms with Crippen molar-refractivity contribution in [2.24, 2.45) is 5.92 Å². The minimum atomic E-state index is -3.38. The summed E-state index contributed by atoms with van der Waals surface area (Å²) < 4.78 is 31.5. The number of nitrogens with zero attached hydrogens (tertiary/aromatic N) is 2. The third-order valence-electron chi connectivity index (χ3n) is 4.16. The zero-order valence-electron chi connectivity index (χ0n) is 11.5. The van der Waals surface area contributed by atoms with Crippen molar-refractivity contribution in [3.05, 3.63) is 0 Å². The summed E-state index contributed by atoms with van der Waals surface area (Å²) in [6.45, 7) is 2.52. The molecule has 0 amide bonds. The van der Waals surface area contributed by atoms with E-state index in [-0.39, 0.29) is 5.97 Å². The first kappa shape index (κ1) is 14.7. The number of hydrogen-bond donors (Lipinski definition) is 0. The molecule has 2 fully saturated rings. The fraction of sp³-hybridized carbons (Fsp3) is 0.917. The number of rotatable bonds is 3. The van der Waals surface area contributed by atoms with Crippen molar-refractivity contribution in [1.82, 2.24) is 9.21 Å². The van der Waals surface area contributed by atoms with E-state index >= 15 is 0 Å². The highest BCUT2D eigenvalue weighted by molar-refractivity contribution is 7.89. The number of carbonyl (C=O) groups is 1. The van der Waals surface area contributed by atoms with Gasteiger partial charge in [-0.1, -0.05) is 6.42 Å². The first-order valence-electron chi connectivity index (χ1n) is 6.72. The highest BCUT2D eigenvalue weighted by Gasteiger charge is 2.45. The lowest BCUT2D eigenvalue weighted by Crippen LogP contribution is -2.51. The summed E-state index contributed by atoms with van der Waals surface area (Å²) in [5.74, 6) is -0.880. The molecule has 1 aliphatic carbocycles. The van der Waals surface area contributed by atoms with Gasteiger partial charge in [-0.25, -0.2) is 8.42 Å². The Bertz CT molecular complexity index is 429. The lowest BCUT2D eigenvalue weighted by Gasteiger charge is -2.34. The van der Waals surface area contributed by atoms with Gasteiger partial charge in [0.05, 0.1) is 18.3 Å². The Balaban J connectivity index is 2.12. The fourth-order valence-corrected chi connectivity index (χ4v) is 5.12. The Labute approximate surface area is 114 Å². The summed E-state index contributed by atoms with van der Waals surface area (Å²) >= 11 is 0. The second-order valence-electron chi connectivity index (χ2n) is 5.35. The fourth-order valence-electron chi connectivity index (χ4n) is 2.94. The monoisotopic (exact) mass is 290 g/mol. The van der Waals surface area contributed by atoms with E-state index in [4.69, 9.17) is 4.74 Å². The van der Waals surface area contributed by atoms with Gasteiger partial charge in [0.25, 0.3) is 0 Å². The first-order chi connectivity index (χ1) is 8.96. The van der Waals surface area contributed by atoms with Crippen molar-refractivity contribution < 1.29 is 17.9 Å². The molecule has 1 saturated heterocycles. The van der Waals surface area contributed by atoms with Crippen molar-refractivity contribution >= 4 is 16.0 Å². The van der Waals surface area contributed by atoms with Gasteiger partial charge < -0.3 is 9.64 Å². The van der Waals surface area contributed by atoms with E-state index in [1.54, 1.807) is 4.31 Å². The van der Waals surface area contributed by atoms with E-state index in [2.05, 4.69) is 4.90 Å². The van der Waals surface area contributed by atoms with Gasteiger partial charge in [-0.2, -0.15) is 4.31 Å². The van der Waals surface area contributed by atoms with Crippen LogP contribution < -0.4 is 0 Å². The molecular formula is C12H22N2O4S. The van der Waals surface area contributed by atoms with Crippen molar-refractivity contribution in [2.75, 3.05) is 40.3 Å². The molecular weight excluding hydrogens is 268 g/mol. The second-order valence-corrected chi connectivity index (χ2v) is 7.50. The molecule has 1 saturated carbocycles. The predicted octanol–water partition coefficient (Wildman–Crippen LogP) is -0.0947. The molecule has 0 aromatic heterocycles. The van der Waals surface area contributed by atoms with Crippen LogP contribution in [-0.2, 0) is 19.6 Å². The standard InChI is InChI=1S/C12H22N2O4S/c1-13-6-8-14(9-7-13)19(16,17)11-5-3-4-10(11)12(15)18-2/h10-11H,3-9H2,1-2H3. The molecule has 0 N–H and O–H groups in total. The maximum atomic E-state index is 12.6. The molecule has 19 heavy (non-hydrogen) atoms. The van der Waals surface area contributed by atoms with E-state index < -0.39 is 21.2 Å². The topological polar surface area (TPSA) is 66.9 Å². The van der Waals surface area contributed by atoms with Crippen LogP contribution in [0, 0.1) is 5.92 Å². The zero-order chi connectivity index (χ0) is 14.0. The van der Waals surface area contributed by atoms with E-state index in [1.165, 1.54) is 7.11 Å². The molecule has 2 aliphatic rings. The summed E-state index contributed by atoms with van der Waals surface area (Å²) in [6.07, 6.45) is 1.95. The Morgan fingerprint density at radius 2 is 1.79 bits per heavy atom. The quantitative estimate of drug-likeness (QED) is 0.679. The van der Waals surface area contributed by atoms with Crippen LogP contribution in [0.15, 0.2) is 0 Å². The van der Waals surface area contributed by atoms with E-state index in [0.29, 0.717) is 25.9 Å². The molecule has 1 heterocycles. The maximum absolute atomic E-state index is 12.6. The van der Waals surface area contributed by atoms with E-state index in [9.17, 15) is 13.2 Å². The normalized spacial score (nSPS) is 30.4. The first-order valence-corrected chi connectivity index (χ1v) is 8.22. The molecule has 6 nitrogen and oxygen atoms in total. The van der Waals surface area contributed by atoms with Crippen molar-refractivity contribution in [3.63, 3.8) is 0 Å². The van der Waals surface area contributed by atoms with Gasteiger partial charge in [0.1, 0.15) is 0 Å². The number of methoxy groups -OCH3 is 1. The third kappa shape index (κ3) is 2.93. The smallest absolute Gasteiger partial charge is 0.310 e. The Hall–Kier alpha value is -0.660. The molecule has 0 bridgehead atoms. The summed E-state index contributed by atoms with van der Waals surface area (Å²) in [7, 11) is -0.0811. The Morgan fingerprint density at radius 3 is 2.37 bits per heavy atom. The number of ether oxygens (including phenoxy) is 1. The van der Waals surface area contributed by atoms with Crippen molar-refractivity contribution in [3.8, 4) is 0 Å². The highest BCUT2D eigenvalue weighted by Crippen LogP contribution is 2.34. The van der Waals surface area contributed by atoms with Crippen molar-refractivity contribution in [2.45, 2.75) is 24.5 Å². The average Bonchev–Trinajstić information content (AvgIpc) is 2.88. The summed E-state index contributed by atoms with van der Waals surface area (Å²) in [6, 6.07) is 0. The van der Waals surface area contributed by atoms with Gasteiger partial charge >= 0.3 is 5.97 Å². The van der Waals surface area contributed by atoms with Gasteiger partial charge in [0.2, 0.25) is 10.0 Å². The van der Waals surface area contributed by atoms with Crippen molar-refractivity contribution in [1.29, 1.82) is 0 Å². The molecule has 2 atom stereocenters. The van der Waals surface area contributed by atoms with Crippen LogP contribution in [0.2, 0.25) is 0 Å². The van der Waals surface area contributed by atoms with Gasteiger partial charge in [-0.05, 0) is 19.9 Å². The maximum Gasteiger partial charge on any atom is 0.310 e. The average molecular weight is 290 g/mol. The van der Waals surface area contributed by atoms with Crippen LogP contribution in [0.25, 0.3) is 0 Å². The zero-order valence-corrected chi connectivity index (χ0v) is 12.4. The molecule has 2 unspecified atom stereocenters. The number of likely N-dealkylation sites (N-methyl/N-ethyl adjacent to an activating group) is 1. The minimum Gasteiger partial charge on any atom is -0.469 e. The van der Waals surface area contributed by atoms with Crippen LogP contribution in [0.5, 0.6) is 0 Å². The van der Waals surface area contributed by atoms with Crippen LogP contribution in [0.3, 0.4) is 0 Å². The Kier molecular flexibility index (Phi) is 4.47. The molecule has 0 spiro atoms. The predicted molar refractivity (Wildman–Crippen MR) is 71.1 cm³/mol. The molecule has 0 radical (unpaired) electrons. The number of carbonyl (C=O) groups excluding carboxylic acids is 1. The van der Waals surface area contributed by atoms with Gasteiger partial charge in [0, 0.05) is 26.2 Å². The molecule has 110 valence electrons. The highest BCUT2D eigenvalue weighted by atomic mass is 32.2. The molecule has 7 heteroatoms.